The van der Waals surface area contributed by atoms with Gasteiger partial charge in [-0.3, -0.25) is 4.79 Å². The standard InChI is InChI=1S/C12H24N2O2/c1-9(13)10-7-5-6-8-14(10)11(15)12(2,3)16-4/h9-10H,5-8,13H2,1-4H3. The molecule has 1 aliphatic heterocycles. The van der Waals surface area contributed by atoms with Gasteiger partial charge in [-0.1, -0.05) is 0 Å². The van der Waals surface area contributed by atoms with E-state index < -0.39 is 5.60 Å². The molecule has 2 atom stereocenters. The van der Waals surface area contributed by atoms with Gasteiger partial charge in [0.2, 0.25) is 0 Å². The van der Waals surface area contributed by atoms with Gasteiger partial charge in [-0.2, -0.15) is 0 Å². The number of likely N-dealkylation sites (tertiary alicyclic amines) is 1. The van der Waals surface area contributed by atoms with Crippen molar-refractivity contribution in [2.24, 2.45) is 5.73 Å². The summed E-state index contributed by atoms with van der Waals surface area (Å²) in [6, 6.07) is 0.188. The predicted octanol–water partition coefficient (Wildman–Crippen LogP) is 1.14. The largest absolute Gasteiger partial charge is 0.369 e. The van der Waals surface area contributed by atoms with E-state index in [-0.39, 0.29) is 18.0 Å². The average Bonchev–Trinajstić information content (AvgIpc) is 2.28. The number of hydrogen-bond donors (Lipinski definition) is 1. The SMILES string of the molecule is COC(C)(C)C(=O)N1CCCCC1C(C)N. The van der Waals surface area contributed by atoms with E-state index in [1.165, 1.54) is 0 Å². The topological polar surface area (TPSA) is 55.6 Å². The molecule has 0 aromatic heterocycles. The molecular formula is C12H24N2O2. The molecule has 1 aliphatic rings. The molecule has 2 N–H and O–H groups in total. The Morgan fingerprint density at radius 3 is 2.62 bits per heavy atom. The van der Waals surface area contributed by atoms with Gasteiger partial charge in [-0.25, -0.2) is 0 Å². The second-order valence-electron chi connectivity index (χ2n) is 5.14. The third-order valence-electron chi connectivity index (χ3n) is 3.44. The Hall–Kier alpha value is -0.610. The van der Waals surface area contributed by atoms with Crippen molar-refractivity contribution >= 4 is 5.91 Å². The number of piperidine rings is 1. The summed E-state index contributed by atoms with van der Waals surface area (Å²) in [6.07, 6.45) is 3.22. The highest BCUT2D eigenvalue weighted by atomic mass is 16.5. The lowest BCUT2D eigenvalue weighted by Crippen LogP contribution is -2.57. The molecule has 16 heavy (non-hydrogen) atoms. The van der Waals surface area contributed by atoms with Crippen LogP contribution in [-0.4, -0.2) is 42.1 Å². The van der Waals surface area contributed by atoms with Crippen LogP contribution in [0.1, 0.15) is 40.0 Å². The van der Waals surface area contributed by atoms with E-state index in [0.29, 0.717) is 0 Å². The van der Waals surface area contributed by atoms with Gasteiger partial charge in [-0.15, -0.1) is 0 Å². The molecule has 0 spiro atoms. The van der Waals surface area contributed by atoms with Crippen LogP contribution in [0.2, 0.25) is 0 Å². The van der Waals surface area contributed by atoms with Crippen LogP contribution in [0, 0.1) is 0 Å². The van der Waals surface area contributed by atoms with Gasteiger partial charge in [-0.05, 0) is 40.0 Å². The van der Waals surface area contributed by atoms with Crippen LogP contribution >= 0.6 is 0 Å². The minimum absolute atomic E-state index is 0.0249. The summed E-state index contributed by atoms with van der Waals surface area (Å²) in [7, 11) is 1.57. The molecule has 4 heteroatoms. The maximum atomic E-state index is 12.3. The second-order valence-corrected chi connectivity index (χ2v) is 5.14. The van der Waals surface area contributed by atoms with Gasteiger partial charge in [0.05, 0.1) is 0 Å². The summed E-state index contributed by atoms with van der Waals surface area (Å²) in [5, 5.41) is 0. The molecule has 0 aromatic rings. The highest BCUT2D eigenvalue weighted by molar-refractivity contribution is 5.84. The van der Waals surface area contributed by atoms with Crippen molar-refractivity contribution in [2.45, 2.75) is 57.7 Å². The molecule has 1 heterocycles. The van der Waals surface area contributed by atoms with Crippen LogP contribution in [0.4, 0.5) is 0 Å². The zero-order valence-corrected chi connectivity index (χ0v) is 10.8. The first-order valence-corrected chi connectivity index (χ1v) is 6.02. The quantitative estimate of drug-likeness (QED) is 0.788. The first-order chi connectivity index (χ1) is 7.40. The third-order valence-corrected chi connectivity index (χ3v) is 3.44. The molecule has 1 amide bonds. The molecule has 2 unspecified atom stereocenters. The summed E-state index contributed by atoms with van der Waals surface area (Å²) in [4.78, 5) is 14.2. The van der Waals surface area contributed by atoms with Crippen molar-refractivity contribution in [2.75, 3.05) is 13.7 Å². The fourth-order valence-corrected chi connectivity index (χ4v) is 2.19. The lowest BCUT2D eigenvalue weighted by molar-refractivity contribution is -0.155. The predicted molar refractivity (Wildman–Crippen MR) is 64.1 cm³/mol. The van der Waals surface area contributed by atoms with Crippen LogP contribution in [0.3, 0.4) is 0 Å². The first-order valence-electron chi connectivity index (χ1n) is 6.02. The van der Waals surface area contributed by atoms with Gasteiger partial charge in [0, 0.05) is 25.7 Å². The Kier molecular flexibility index (Phi) is 4.33. The Morgan fingerprint density at radius 2 is 2.12 bits per heavy atom. The Balaban J connectivity index is 2.79. The number of nitrogens with two attached hydrogens (primary N) is 1. The maximum Gasteiger partial charge on any atom is 0.254 e. The lowest BCUT2D eigenvalue weighted by Gasteiger charge is -2.41. The van der Waals surface area contributed by atoms with Gasteiger partial charge < -0.3 is 15.4 Å². The summed E-state index contributed by atoms with van der Waals surface area (Å²) in [5.74, 6) is 0.0528. The minimum atomic E-state index is -0.746. The van der Waals surface area contributed by atoms with Crippen LogP contribution in [0.15, 0.2) is 0 Å². The number of nitrogens with zero attached hydrogens (tertiary/aromatic N) is 1. The molecule has 1 saturated heterocycles. The fourth-order valence-electron chi connectivity index (χ4n) is 2.19. The lowest BCUT2D eigenvalue weighted by atomic mass is 9.94. The van der Waals surface area contributed by atoms with E-state index >= 15 is 0 Å². The molecule has 4 nitrogen and oxygen atoms in total. The number of rotatable bonds is 3. The smallest absolute Gasteiger partial charge is 0.254 e. The van der Waals surface area contributed by atoms with E-state index in [2.05, 4.69) is 0 Å². The van der Waals surface area contributed by atoms with Gasteiger partial charge in [0.25, 0.3) is 5.91 Å². The van der Waals surface area contributed by atoms with Gasteiger partial charge >= 0.3 is 0 Å². The molecule has 94 valence electrons. The summed E-state index contributed by atoms with van der Waals surface area (Å²) >= 11 is 0. The zero-order chi connectivity index (χ0) is 12.3. The molecule has 0 aromatic carbocycles. The second kappa shape index (κ2) is 5.15. The van der Waals surface area contributed by atoms with Crippen LogP contribution in [0.5, 0.6) is 0 Å². The summed E-state index contributed by atoms with van der Waals surface area (Å²) < 4.78 is 5.25. The number of hydrogen-bond acceptors (Lipinski definition) is 3. The van der Waals surface area contributed by atoms with Crippen molar-refractivity contribution in [3.05, 3.63) is 0 Å². The van der Waals surface area contributed by atoms with Crippen LogP contribution in [0.25, 0.3) is 0 Å². The maximum absolute atomic E-state index is 12.3. The zero-order valence-electron chi connectivity index (χ0n) is 10.8. The molecule has 0 radical (unpaired) electrons. The minimum Gasteiger partial charge on any atom is -0.369 e. The van der Waals surface area contributed by atoms with Crippen LogP contribution < -0.4 is 5.73 Å². The highest BCUT2D eigenvalue weighted by Gasteiger charge is 2.37. The molecule has 1 fully saturated rings. The van der Waals surface area contributed by atoms with Gasteiger partial charge in [0.1, 0.15) is 5.60 Å². The van der Waals surface area contributed by atoms with Crippen molar-refractivity contribution < 1.29 is 9.53 Å². The van der Waals surface area contributed by atoms with Crippen molar-refractivity contribution in [1.82, 2.24) is 4.90 Å². The first kappa shape index (κ1) is 13.5. The molecule has 1 rings (SSSR count). The number of methoxy groups -OCH3 is 1. The Labute approximate surface area is 98.1 Å². The van der Waals surface area contributed by atoms with Crippen molar-refractivity contribution in [3.63, 3.8) is 0 Å². The molecular weight excluding hydrogens is 204 g/mol. The van der Waals surface area contributed by atoms with Crippen molar-refractivity contribution in [3.8, 4) is 0 Å². The Bertz CT molecular complexity index is 251. The van der Waals surface area contributed by atoms with E-state index in [4.69, 9.17) is 10.5 Å². The normalized spacial score (nSPS) is 24.3. The number of carbonyl (C=O) groups is 1. The monoisotopic (exact) mass is 228 g/mol. The summed E-state index contributed by atoms with van der Waals surface area (Å²) in [5.41, 5.74) is 5.20. The Morgan fingerprint density at radius 1 is 1.50 bits per heavy atom. The van der Waals surface area contributed by atoms with E-state index in [0.717, 1.165) is 25.8 Å². The number of amides is 1. The third kappa shape index (κ3) is 2.74. The van der Waals surface area contributed by atoms with Crippen molar-refractivity contribution in [1.29, 1.82) is 0 Å². The van der Waals surface area contributed by atoms with Crippen LogP contribution in [-0.2, 0) is 9.53 Å². The number of carbonyl (C=O) groups excluding carboxylic acids is 1. The van der Waals surface area contributed by atoms with Gasteiger partial charge in [0.15, 0.2) is 0 Å². The number of ether oxygens (including phenoxy) is 1. The van der Waals surface area contributed by atoms with E-state index in [1.54, 1.807) is 7.11 Å². The molecule has 0 saturated carbocycles. The van der Waals surface area contributed by atoms with E-state index in [1.807, 2.05) is 25.7 Å². The summed E-state index contributed by atoms with van der Waals surface area (Å²) in [6.45, 7) is 6.39. The average molecular weight is 228 g/mol. The van der Waals surface area contributed by atoms with E-state index in [9.17, 15) is 4.79 Å². The molecule has 0 aliphatic carbocycles. The fraction of sp³-hybridized carbons (Fsp3) is 0.917. The highest BCUT2D eigenvalue weighted by Crippen LogP contribution is 2.23. The molecule has 0 bridgehead atoms.